The number of carbonyl (C=O) groups is 1. The van der Waals surface area contributed by atoms with Gasteiger partial charge in [-0.2, -0.15) is 8.42 Å². The van der Waals surface area contributed by atoms with Crippen LogP contribution in [0.3, 0.4) is 0 Å². The van der Waals surface area contributed by atoms with E-state index in [2.05, 4.69) is 4.40 Å². The van der Waals surface area contributed by atoms with Crippen LogP contribution in [0.25, 0.3) is 0 Å². The normalized spacial score (nSPS) is 19.5. The van der Waals surface area contributed by atoms with Crippen LogP contribution in [0.4, 0.5) is 0 Å². The van der Waals surface area contributed by atoms with E-state index < -0.39 is 16.2 Å². The first kappa shape index (κ1) is 11.7. The summed E-state index contributed by atoms with van der Waals surface area (Å²) in [4.78, 5) is 10.8. The number of carboxylic acids is 1. The molecule has 1 N–H and O–H groups in total. The van der Waals surface area contributed by atoms with Crippen molar-refractivity contribution in [3.05, 3.63) is 11.8 Å². The van der Waals surface area contributed by atoms with Crippen molar-refractivity contribution in [3.63, 3.8) is 0 Å². The van der Waals surface area contributed by atoms with Gasteiger partial charge in [0.05, 0.1) is 11.3 Å². The van der Waals surface area contributed by atoms with Crippen LogP contribution in [0.5, 0.6) is 0 Å². The largest absolute Gasteiger partial charge is 0.478 e. The Hall–Kier alpha value is -1.37. The van der Waals surface area contributed by atoms with E-state index in [0.717, 1.165) is 10.5 Å². The summed E-state index contributed by atoms with van der Waals surface area (Å²) >= 11 is 0. The Balaban J connectivity index is 3.26. The molecule has 0 saturated carbocycles. The van der Waals surface area contributed by atoms with Crippen LogP contribution in [0.1, 0.15) is 20.3 Å². The summed E-state index contributed by atoms with van der Waals surface area (Å²) in [6.45, 7) is 3.44. The lowest BCUT2D eigenvalue weighted by Crippen LogP contribution is -2.31. The molecule has 1 aliphatic rings. The Bertz CT molecular complexity index is 436. The van der Waals surface area contributed by atoms with E-state index >= 15 is 0 Å². The van der Waals surface area contributed by atoms with Crippen LogP contribution < -0.4 is 0 Å². The molecule has 0 radical (unpaired) electrons. The molecule has 7 heteroatoms. The van der Waals surface area contributed by atoms with E-state index in [4.69, 9.17) is 5.11 Å². The topological polar surface area (TPSA) is 87.0 Å². The molecule has 1 rings (SSSR count). The Morgan fingerprint density at radius 1 is 1.53 bits per heavy atom. The zero-order chi connectivity index (χ0) is 11.6. The molecule has 0 aliphatic carbocycles. The van der Waals surface area contributed by atoms with Gasteiger partial charge in [0, 0.05) is 12.7 Å². The first-order valence-corrected chi connectivity index (χ1v) is 5.88. The van der Waals surface area contributed by atoms with E-state index in [1.807, 2.05) is 0 Å². The minimum absolute atomic E-state index is 0.0609. The van der Waals surface area contributed by atoms with Gasteiger partial charge in [0.1, 0.15) is 0 Å². The fourth-order valence-electron chi connectivity index (χ4n) is 1.21. The van der Waals surface area contributed by atoms with Gasteiger partial charge >= 0.3 is 16.2 Å². The van der Waals surface area contributed by atoms with Gasteiger partial charge in [0.2, 0.25) is 0 Å². The van der Waals surface area contributed by atoms with Gasteiger partial charge in [-0.15, -0.1) is 4.40 Å². The van der Waals surface area contributed by atoms with Crippen molar-refractivity contribution in [3.8, 4) is 0 Å². The van der Waals surface area contributed by atoms with Gasteiger partial charge in [0.15, 0.2) is 0 Å². The number of hydrogen-bond donors (Lipinski definition) is 1. The van der Waals surface area contributed by atoms with Gasteiger partial charge in [-0.3, -0.25) is 4.31 Å². The van der Waals surface area contributed by atoms with Crippen molar-refractivity contribution >= 4 is 21.9 Å². The van der Waals surface area contributed by atoms with E-state index in [9.17, 15) is 13.2 Å². The Labute approximate surface area is 88.1 Å². The Morgan fingerprint density at radius 2 is 2.13 bits per heavy atom. The molecule has 84 valence electrons. The quantitative estimate of drug-likeness (QED) is 0.762. The average Bonchev–Trinajstić information content (AvgIpc) is 2.15. The highest BCUT2D eigenvalue weighted by atomic mass is 32.2. The smallest absolute Gasteiger partial charge is 0.344 e. The monoisotopic (exact) mass is 232 g/mol. The maximum atomic E-state index is 11.5. The first-order valence-electron chi connectivity index (χ1n) is 4.48. The fraction of sp³-hybridized carbons (Fsp3) is 0.500. The van der Waals surface area contributed by atoms with Crippen LogP contribution in [0, 0.1) is 0 Å². The van der Waals surface area contributed by atoms with Crippen molar-refractivity contribution in [2.45, 2.75) is 20.3 Å². The third-order valence-corrected chi connectivity index (χ3v) is 3.39. The van der Waals surface area contributed by atoms with Gasteiger partial charge in [-0.05, 0) is 13.3 Å². The Morgan fingerprint density at radius 3 is 2.53 bits per heavy atom. The zero-order valence-electron chi connectivity index (χ0n) is 8.47. The maximum Gasteiger partial charge on any atom is 0.344 e. The number of rotatable bonds is 3. The minimum Gasteiger partial charge on any atom is -0.478 e. The van der Waals surface area contributed by atoms with E-state index in [1.54, 1.807) is 13.8 Å². The van der Waals surface area contributed by atoms with Crippen molar-refractivity contribution in [2.24, 2.45) is 4.40 Å². The predicted octanol–water partition coefficient (Wildman–Crippen LogP) is 0.386. The molecule has 15 heavy (non-hydrogen) atoms. The first-order chi connectivity index (χ1) is 6.92. The standard InChI is InChI=1S/C8H12N2O4S/c1-3-7-6(8(11)12)5-10(4-2)15(13,14)9-7/h5H,3-4H2,1-2H3,(H,11,12). The highest BCUT2D eigenvalue weighted by Gasteiger charge is 2.27. The molecular formula is C8H12N2O4S. The predicted molar refractivity (Wildman–Crippen MR) is 54.7 cm³/mol. The molecule has 0 bridgehead atoms. The van der Waals surface area contributed by atoms with E-state index in [-0.39, 0.29) is 24.3 Å². The summed E-state index contributed by atoms with van der Waals surface area (Å²) < 4.78 is 27.3. The molecule has 0 saturated heterocycles. The molecule has 6 nitrogen and oxygen atoms in total. The van der Waals surface area contributed by atoms with Crippen LogP contribution in [0.15, 0.2) is 16.2 Å². The highest BCUT2D eigenvalue weighted by Crippen LogP contribution is 2.17. The maximum absolute atomic E-state index is 11.5. The summed E-state index contributed by atoms with van der Waals surface area (Å²) in [7, 11) is -3.72. The lowest BCUT2D eigenvalue weighted by molar-refractivity contribution is -0.132. The number of hydrogen-bond acceptors (Lipinski definition) is 3. The number of aliphatic carboxylic acids is 1. The molecule has 0 aromatic rings. The molecular weight excluding hydrogens is 220 g/mol. The molecule has 1 heterocycles. The van der Waals surface area contributed by atoms with Gasteiger partial charge in [0.25, 0.3) is 0 Å². The minimum atomic E-state index is -3.72. The molecule has 0 aromatic carbocycles. The van der Waals surface area contributed by atoms with Gasteiger partial charge < -0.3 is 5.11 Å². The lowest BCUT2D eigenvalue weighted by Gasteiger charge is -2.21. The Kier molecular flexibility index (Phi) is 3.13. The summed E-state index contributed by atoms with van der Waals surface area (Å²) in [6.07, 6.45) is 1.39. The van der Waals surface area contributed by atoms with E-state index in [1.165, 1.54) is 0 Å². The van der Waals surface area contributed by atoms with Crippen molar-refractivity contribution in [1.82, 2.24) is 4.31 Å². The van der Waals surface area contributed by atoms with Crippen LogP contribution in [-0.2, 0) is 15.0 Å². The van der Waals surface area contributed by atoms with Crippen LogP contribution in [-0.4, -0.2) is 36.1 Å². The fourth-order valence-corrected chi connectivity index (χ4v) is 2.39. The third kappa shape index (κ3) is 2.17. The molecule has 0 spiro atoms. The molecule has 0 aromatic heterocycles. The second kappa shape index (κ2) is 4.01. The summed E-state index contributed by atoms with van der Waals surface area (Å²) in [5.74, 6) is -1.16. The molecule has 1 aliphatic heterocycles. The lowest BCUT2D eigenvalue weighted by atomic mass is 10.1. The van der Waals surface area contributed by atoms with Crippen molar-refractivity contribution < 1.29 is 18.3 Å². The third-order valence-electron chi connectivity index (χ3n) is 1.98. The van der Waals surface area contributed by atoms with E-state index in [0.29, 0.717) is 0 Å². The second-order valence-electron chi connectivity index (χ2n) is 2.92. The molecule has 0 fully saturated rings. The summed E-state index contributed by atoms with van der Waals surface area (Å²) in [5.41, 5.74) is 0.0291. The van der Waals surface area contributed by atoms with Crippen molar-refractivity contribution in [2.75, 3.05) is 6.54 Å². The average molecular weight is 232 g/mol. The summed E-state index contributed by atoms with van der Waals surface area (Å²) in [6, 6.07) is 0. The van der Waals surface area contributed by atoms with Gasteiger partial charge in [-0.1, -0.05) is 6.92 Å². The molecule has 0 amide bonds. The summed E-state index contributed by atoms with van der Waals surface area (Å²) in [5, 5.41) is 8.85. The van der Waals surface area contributed by atoms with Crippen LogP contribution in [0.2, 0.25) is 0 Å². The second-order valence-corrected chi connectivity index (χ2v) is 4.47. The SMILES string of the molecule is CCC1=NS(=O)(=O)N(CC)C=C1C(=O)O. The highest BCUT2D eigenvalue weighted by molar-refractivity contribution is 7.88. The van der Waals surface area contributed by atoms with Crippen LogP contribution >= 0.6 is 0 Å². The van der Waals surface area contributed by atoms with Crippen molar-refractivity contribution in [1.29, 1.82) is 0 Å². The van der Waals surface area contributed by atoms with Gasteiger partial charge in [-0.25, -0.2) is 4.79 Å². The number of nitrogens with zero attached hydrogens (tertiary/aromatic N) is 2. The number of carboxylic acid groups (broad SMARTS) is 1. The molecule has 0 atom stereocenters. The zero-order valence-corrected chi connectivity index (χ0v) is 9.28. The molecule has 0 unspecified atom stereocenters.